The number of unbranched alkanes of at least 4 members (excludes halogenated alkanes) is 3. The zero-order chi connectivity index (χ0) is 80.4. The molecule has 1 saturated carbocycles. The van der Waals surface area contributed by atoms with Crippen LogP contribution in [0.3, 0.4) is 0 Å². The normalized spacial score (nSPS) is 18.7. The number of methoxy groups -OCH3 is 4. The number of likely N-dealkylation sites (N-methyl/N-ethyl adjacent to an activating group) is 2. The van der Waals surface area contributed by atoms with E-state index in [2.05, 4.69) is 16.0 Å². The van der Waals surface area contributed by atoms with Gasteiger partial charge in [-0.25, -0.2) is 4.79 Å². The minimum Gasteiger partial charge on any atom is -0.493 e. The smallest absolute Gasteiger partial charge is 0.407 e. The van der Waals surface area contributed by atoms with Gasteiger partial charge < -0.3 is 60.3 Å². The summed E-state index contributed by atoms with van der Waals surface area (Å²) in [5.41, 5.74) is 6.54. The van der Waals surface area contributed by atoms with Crippen LogP contribution in [0.1, 0.15) is 193 Å². The number of carboxylic acids is 1. The van der Waals surface area contributed by atoms with Crippen molar-refractivity contribution >= 4 is 88.3 Å². The molecule has 0 bridgehead atoms. The number of alkyl carbamates (subject to hydrolysis) is 1. The molecular formula is C80H122N8O19S. The summed E-state index contributed by atoms with van der Waals surface area (Å²) in [6.45, 7) is 16.6. The van der Waals surface area contributed by atoms with Gasteiger partial charge in [0.2, 0.25) is 41.4 Å². The lowest BCUT2D eigenvalue weighted by atomic mass is 9.83. The Morgan fingerprint density at radius 2 is 1.39 bits per heavy atom. The van der Waals surface area contributed by atoms with E-state index in [0.717, 1.165) is 12.8 Å². The second-order valence-corrected chi connectivity index (χ2v) is 32.2. The minimum absolute atomic E-state index is 0.00631. The monoisotopic (exact) mass is 1530 g/mol. The molecule has 108 heavy (non-hydrogen) atoms. The number of primary amides is 1. The number of carbonyl (C=O) groups excluding carboxylic acids is 12. The topological polar surface area (TPSA) is 363 Å². The first-order chi connectivity index (χ1) is 51.0. The van der Waals surface area contributed by atoms with Gasteiger partial charge in [0.05, 0.1) is 87.2 Å². The van der Waals surface area contributed by atoms with Crippen LogP contribution < -0.4 is 31.2 Å². The Morgan fingerprint density at radius 1 is 0.741 bits per heavy atom. The van der Waals surface area contributed by atoms with Gasteiger partial charge in [0.15, 0.2) is 28.8 Å². The molecule has 6 N–H and O–H groups in total. The third-order valence-corrected chi connectivity index (χ3v) is 23.2. The Labute approximate surface area is 642 Å². The van der Waals surface area contributed by atoms with E-state index in [1.165, 1.54) is 51.2 Å². The fraction of sp³-hybridized carbons (Fsp3) is 0.688. The number of rotatable bonds is 50. The number of nitrogens with zero attached hydrogens (tertiary/aromatic N) is 4. The van der Waals surface area contributed by atoms with Crippen LogP contribution in [0.25, 0.3) is 0 Å². The molecule has 0 aromatic heterocycles. The number of carboxylic acid groups (broad SMARTS) is 1. The molecule has 27 nitrogen and oxygen atoms in total. The zero-order valence-corrected chi connectivity index (χ0v) is 67.4. The number of imide groups is 1. The number of amides is 8. The number of benzene rings is 2. The number of likely N-dealkylation sites (tertiary alicyclic amines) is 2. The molecule has 2 aromatic carbocycles. The van der Waals surface area contributed by atoms with Crippen molar-refractivity contribution in [2.75, 3.05) is 75.0 Å². The van der Waals surface area contributed by atoms with Gasteiger partial charge in [0.25, 0.3) is 0 Å². The molecule has 3 aliphatic rings. The second kappa shape index (κ2) is 43.5. The minimum atomic E-state index is -0.983. The molecule has 5 rings (SSSR count). The maximum Gasteiger partial charge on any atom is 0.407 e. The zero-order valence-electron chi connectivity index (χ0n) is 66.5. The van der Waals surface area contributed by atoms with Gasteiger partial charge in [0, 0.05) is 96.0 Å². The lowest BCUT2D eigenvalue weighted by Gasteiger charge is -2.41. The Balaban J connectivity index is 1.25. The molecule has 8 amide bonds. The van der Waals surface area contributed by atoms with Crippen molar-refractivity contribution in [2.45, 2.75) is 232 Å². The van der Waals surface area contributed by atoms with Crippen LogP contribution in [0.4, 0.5) is 4.79 Å². The molecule has 2 aliphatic heterocycles. The molecule has 2 aromatic rings. The van der Waals surface area contributed by atoms with Crippen molar-refractivity contribution in [3.05, 3.63) is 59.2 Å². The summed E-state index contributed by atoms with van der Waals surface area (Å²) in [7, 11) is 11.2. The van der Waals surface area contributed by atoms with Gasteiger partial charge in [-0.1, -0.05) is 106 Å². The van der Waals surface area contributed by atoms with Crippen LogP contribution in [0, 0.1) is 46.8 Å². The Bertz CT molecular complexity index is 3410. The maximum atomic E-state index is 15.2. The van der Waals surface area contributed by atoms with Crippen LogP contribution >= 0.6 is 11.8 Å². The third kappa shape index (κ3) is 26.7. The maximum absolute atomic E-state index is 15.2. The molecular weight excluding hydrogens is 1410 g/mol. The highest BCUT2D eigenvalue weighted by molar-refractivity contribution is 8.00. The summed E-state index contributed by atoms with van der Waals surface area (Å²) >= 11 is 1.36. The van der Waals surface area contributed by atoms with Crippen molar-refractivity contribution in [1.82, 2.24) is 35.6 Å². The van der Waals surface area contributed by atoms with E-state index in [4.69, 9.17) is 29.4 Å². The fourth-order valence-corrected chi connectivity index (χ4v) is 16.4. The molecule has 12 atom stereocenters. The van der Waals surface area contributed by atoms with Crippen LogP contribution in [0.5, 0.6) is 11.5 Å². The average molecular weight is 1530 g/mol. The molecule has 28 heteroatoms. The highest BCUT2D eigenvalue weighted by Gasteiger charge is 2.49. The molecule has 3 fully saturated rings. The van der Waals surface area contributed by atoms with Gasteiger partial charge in [-0.15, -0.1) is 11.8 Å². The van der Waals surface area contributed by atoms with Crippen LogP contribution in [0.15, 0.2) is 42.5 Å². The van der Waals surface area contributed by atoms with E-state index in [-0.39, 0.29) is 160 Å². The van der Waals surface area contributed by atoms with Gasteiger partial charge in [-0.05, 0) is 117 Å². The second-order valence-electron chi connectivity index (χ2n) is 31.0. The number of hydrogen-bond acceptors (Lipinski definition) is 20. The number of carbonyl (C=O) groups is 13. The van der Waals surface area contributed by atoms with Crippen LogP contribution in [0.2, 0.25) is 0 Å². The summed E-state index contributed by atoms with van der Waals surface area (Å²) in [5, 5.41) is 17.3. The van der Waals surface area contributed by atoms with Gasteiger partial charge in [-0.2, -0.15) is 0 Å². The van der Waals surface area contributed by atoms with E-state index in [1.807, 2.05) is 74.4 Å². The number of nitrogens with two attached hydrogens (primary N) is 1. The predicted molar refractivity (Wildman–Crippen MR) is 408 cm³/mol. The highest BCUT2D eigenvalue weighted by atomic mass is 32.2. The molecule has 0 spiro atoms. The van der Waals surface area contributed by atoms with Crippen molar-refractivity contribution in [1.29, 1.82) is 0 Å². The largest absolute Gasteiger partial charge is 0.493 e. The summed E-state index contributed by atoms with van der Waals surface area (Å²) < 4.78 is 28.7. The van der Waals surface area contributed by atoms with Crippen LogP contribution in [-0.4, -0.2) is 224 Å². The number of nitrogens with one attached hydrogen (secondary N) is 3. The lowest BCUT2D eigenvalue weighted by Crippen LogP contribution is -2.54. The summed E-state index contributed by atoms with van der Waals surface area (Å²) in [5.74, 6) is -6.26. The average Bonchev–Trinajstić information content (AvgIpc) is 1.44. The van der Waals surface area contributed by atoms with Gasteiger partial charge >= 0.3 is 12.1 Å². The molecule has 2 heterocycles. The molecule has 602 valence electrons. The van der Waals surface area contributed by atoms with E-state index in [0.29, 0.717) is 66.9 Å². The first-order valence-electron chi connectivity index (χ1n) is 38.2. The number of ether oxygens (including phenoxy) is 5. The Hall–Kier alpha value is -7.82. The van der Waals surface area contributed by atoms with Crippen molar-refractivity contribution in [2.24, 2.45) is 52.6 Å². The first-order valence-corrected chi connectivity index (χ1v) is 39.2. The summed E-state index contributed by atoms with van der Waals surface area (Å²) in [6, 6.07) is 7.88. The Kier molecular flexibility index (Phi) is 36.6. The van der Waals surface area contributed by atoms with E-state index >= 15 is 4.79 Å². The number of ketones is 4. The first kappa shape index (κ1) is 90.8. The molecule has 0 radical (unpaired) electrons. The van der Waals surface area contributed by atoms with Gasteiger partial charge in [-0.3, -0.25) is 67.3 Å². The SMILES string of the molecule is CC[C@H](C)[C@@H]([C@@H](CC(=O)N1C[C@@H](NC(=O)OCc2ccc(CC(=O)[C@H](CCCCC(N)=O)NC(=O)[C@@H](CC(=O)CCCCCN3C(=O)CC(SCC4(CC(=O)O)CC4)C3=O)C(C)C)cc2)C[C@H]1[C@H](OC)[C@@H](C)C(=O)NCC(=O)c1ccc(OC)c(OC)c1)OC)N(C)C(=O)[C@@H](CC(=O)[C@H](C(C)C)N(C)C)C(C)C. The van der Waals surface area contributed by atoms with E-state index in [9.17, 15) is 62.6 Å². The van der Waals surface area contributed by atoms with E-state index < -0.39 is 107 Å². The van der Waals surface area contributed by atoms with Gasteiger partial charge in [0.1, 0.15) is 12.4 Å². The van der Waals surface area contributed by atoms with Crippen LogP contribution in [-0.2, 0) is 80.0 Å². The molecule has 1 unspecified atom stereocenters. The molecule has 1 aliphatic carbocycles. The number of hydrogen-bond donors (Lipinski definition) is 5. The predicted octanol–water partition coefficient (Wildman–Crippen LogP) is 8.20. The summed E-state index contributed by atoms with van der Waals surface area (Å²) in [6.07, 6.45) is 2.17. The molecule has 2 saturated heterocycles. The number of thioether (sulfide) groups is 1. The highest BCUT2D eigenvalue weighted by Crippen LogP contribution is 2.52. The summed E-state index contributed by atoms with van der Waals surface area (Å²) in [4.78, 5) is 182. The lowest BCUT2D eigenvalue weighted by molar-refractivity contribution is -0.149. The number of Topliss-reactive ketones (excluding diaryl/α,β-unsaturated/α-hetero) is 4. The number of aliphatic carboxylic acids is 1. The van der Waals surface area contributed by atoms with Crippen molar-refractivity contribution in [3.63, 3.8) is 0 Å². The quantitative estimate of drug-likeness (QED) is 0.0237. The fourth-order valence-electron chi connectivity index (χ4n) is 14.9. The van der Waals surface area contributed by atoms with Crippen molar-refractivity contribution < 1.29 is 91.1 Å². The Morgan fingerprint density at radius 3 is 1.96 bits per heavy atom. The van der Waals surface area contributed by atoms with Crippen molar-refractivity contribution in [3.8, 4) is 11.5 Å². The standard InChI is InChI=1S/C80H122N8O19S/c1-17-50(8)73(86(12)77(100)58(48(4)5)39-62(91)72(49(6)7)85(10)11)66(105-15)40-69(94)88-44-55(37-60(88)74(106-16)51(9)75(98)82-43-63(92)54-30-31-64(103-13)65(36-54)104-14)83-79(102)107-45-53-28-26-52(27-29-53)35-61(90)59(24-20-21-25-68(81)93)84-76(99)57(47(2)3)38-56(89)23-19-18-22-34-87-70(95)41-67(78(87)101)108-46-80(32-33-80)42-71(96)97/h26-31,36,47-51,55,57-60,66-67,72-74H,17-25,32-35,37-46H2,1-16H3,(H2,81,93)(H,82,98)(H,83,102)(H,84,99)(H,96,97)/t50-,51+,55-,57-,58-,59-,60-,66+,67?,72-,73-,74+/m0/s1. The van der Waals surface area contributed by atoms with E-state index in [1.54, 1.807) is 60.2 Å². The third-order valence-electron chi connectivity index (χ3n) is 21.7.